The first-order valence-corrected chi connectivity index (χ1v) is 6.97. The molecule has 0 amide bonds. The van der Waals surface area contributed by atoms with Gasteiger partial charge in [-0.25, -0.2) is 0 Å². The number of benzene rings is 1. The van der Waals surface area contributed by atoms with Crippen LogP contribution in [0.3, 0.4) is 0 Å². The number of rotatable bonds is 7. The maximum atomic E-state index is 12.3. The summed E-state index contributed by atoms with van der Waals surface area (Å²) in [6, 6.07) is 7.94. The van der Waals surface area contributed by atoms with Crippen molar-refractivity contribution in [2.45, 2.75) is 44.9 Å². The third-order valence-corrected chi connectivity index (χ3v) is 3.79. The molecule has 106 valence electrons. The second-order valence-electron chi connectivity index (χ2n) is 5.05. The number of carbonyl (C=O) groups excluding carboxylic acids is 1. The zero-order valence-electron chi connectivity index (χ0n) is 12.2. The fourth-order valence-electron chi connectivity index (χ4n) is 2.62. The van der Waals surface area contributed by atoms with Gasteiger partial charge in [0, 0.05) is 6.54 Å². The molecule has 0 bridgehead atoms. The molecule has 2 N–H and O–H groups in total. The average molecular weight is 263 g/mol. The van der Waals surface area contributed by atoms with E-state index in [1.54, 1.807) is 0 Å². The SMILES string of the molecule is CCCCCC(CN)(C(=O)OC)c1ccccc1C. The number of nitrogens with two attached hydrogens (primary N) is 1. The molecule has 3 nitrogen and oxygen atoms in total. The van der Waals surface area contributed by atoms with Gasteiger partial charge in [0.1, 0.15) is 5.41 Å². The van der Waals surface area contributed by atoms with Gasteiger partial charge in [-0.15, -0.1) is 0 Å². The van der Waals surface area contributed by atoms with Crippen LogP contribution in [0, 0.1) is 6.92 Å². The lowest BCUT2D eigenvalue weighted by Crippen LogP contribution is -2.44. The van der Waals surface area contributed by atoms with Gasteiger partial charge in [0.25, 0.3) is 0 Å². The van der Waals surface area contributed by atoms with E-state index in [4.69, 9.17) is 10.5 Å². The molecule has 1 aromatic carbocycles. The minimum atomic E-state index is -0.699. The van der Waals surface area contributed by atoms with Crippen molar-refractivity contribution in [2.75, 3.05) is 13.7 Å². The summed E-state index contributed by atoms with van der Waals surface area (Å²) in [6.07, 6.45) is 3.95. The number of unbranched alkanes of at least 4 members (excludes halogenated alkanes) is 2. The molecular weight excluding hydrogens is 238 g/mol. The Bertz CT molecular complexity index is 417. The van der Waals surface area contributed by atoms with Crippen molar-refractivity contribution in [3.8, 4) is 0 Å². The van der Waals surface area contributed by atoms with Gasteiger partial charge in [0.05, 0.1) is 7.11 Å². The highest BCUT2D eigenvalue weighted by molar-refractivity contribution is 5.84. The minimum absolute atomic E-state index is 0.222. The van der Waals surface area contributed by atoms with Gasteiger partial charge in [-0.1, -0.05) is 50.5 Å². The molecule has 0 spiro atoms. The average Bonchev–Trinajstić information content (AvgIpc) is 2.44. The Balaban J connectivity index is 3.16. The molecule has 0 saturated carbocycles. The van der Waals surface area contributed by atoms with E-state index in [9.17, 15) is 4.79 Å². The van der Waals surface area contributed by atoms with Gasteiger partial charge >= 0.3 is 5.97 Å². The predicted molar refractivity (Wildman–Crippen MR) is 78.1 cm³/mol. The molecule has 3 heteroatoms. The standard InChI is InChI=1S/C16H25NO2/c1-4-5-8-11-16(12-17,15(18)19-3)14-10-7-6-9-13(14)2/h6-7,9-10H,4-5,8,11-12,17H2,1-3H3. The Labute approximate surface area is 116 Å². The molecule has 1 aromatic rings. The minimum Gasteiger partial charge on any atom is -0.468 e. The number of hydrogen-bond donors (Lipinski definition) is 1. The van der Waals surface area contributed by atoms with Crippen LogP contribution in [-0.4, -0.2) is 19.6 Å². The summed E-state index contributed by atoms with van der Waals surface area (Å²) in [5, 5.41) is 0. The second-order valence-corrected chi connectivity index (χ2v) is 5.05. The lowest BCUT2D eigenvalue weighted by Gasteiger charge is -2.31. The number of methoxy groups -OCH3 is 1. The Morgan fingerprint density at radius 2 is 2.00 bits per heavy atom. The van der Waals surface area contributed by atoms with Crippen LogP contribution in [0.2, 0.25) is 0 Å². The molecule has 1 unspecified atom stereocenters. The molecule has 0 aromatic heterocycles. The maximum Gasteiger partial charge on any atom is 0.317 e. The third kappa shape index (κ3) is 3.35. The Morgan fingerprint density at radius 1 is 1.32 bits per heavy atom. The van der Waals surface area contributed by atoms with Crippen molar-refractivity contribution < 1.29 is 9.53 Å². The fraction of sp³-hybridized carbons (Fsp3) is 0.562. The van der Waals surface area contributed by atoms with E-state index in [2.05, 4.69) is 6.92 Å². The van der Waals surface area contributed by atoms with E-state index >= 15 is 0 Å². The van der Waals surface area contributed by atoms with Crippen LogP contribution in [0.5, 0.6) is 0 Å². The summed E-state index contributed by atoms with van der Waals surface area (Å²) in [6.45, 7) is 4.45. The molecule has 0 aliphatic carbocycles. The van der Waals surface area contributed by atoms with Crippen LogP contribution in [0.25, 0.3) is 0 Å². The largest absolute Gasteiger partial charge is 0.468 e. The zero-order valence-corrected chi connectivity index (χ0v) is 12.2. The van der Waals surface area contributed by atoms with Crippen LogP contribution in [0.4, 0.5) is 0 Å². The monoisotopic (exact) mass is 263 g/mol. The highest BCUT2D eigenvalue weighted by atomic mass is 16.5. The second kappa shape index (κ2) is 7.29. The van der Waals surface area contributed by atoms with Gasteiger partial charge in [0.15, 0.2) is 0 Å². The van der Waals surface area contributed by atoms with E-state index < -0.39 is 5.41 Å². The van der Waals surface area contributed by atoms with Crippen molar-refractivity contribution >= 4 is 5.97 Å². The summed E-state index contributed by atoms with van der Waals surface area (Å²) in [7, 11) is 1.44. The summed E-state index contributed by atoms with van der Waals surface area (Å²) in [5.41, 5.74) is 7.36. The first-order chi connectivity index (χ1) is 9.12. The van der Waals surface area contributed by atoms with Crippen molar-refractivity contribution in [1.29, 1.82) is 0 Å². The topological polar surface area (TPSA) is 52.3 Å². The molecule has 0 saturated heterocycles. The predicted octanol–water partition coefficient (Wildman–Crippen LogP) is 2.94. The number of aryl methyl sites for hydroxylation is 1. The molecule has 0 radical (unpaired) electrons. The molecular formula is C16H25NO2. The number of carbonyl (C=O) groups is 1. The lowest BCUT2D eigenvalue weighted by atomic mass is 9.74. The quantitative estimate of drug-likeness (QED) is 0.608. The van der Waals surface area contributed by atoms with Crippen molar-refractivity contribution in [2.24, 2.45) is 5.73 Å². The van der Waals surface area contributed by atoms with Crippen LogP contribution < -0.4 is 5.73 Å². The van der Waals surface area contributed by atoms with Crippen molar-refractivity contribution in [3.05, 3.63) is 35.4 Å². The van der Waals surface area contributed by atoms with Crippen LogP contribution in [-0.2, 0) is 14.9 Å². The summed E-state index contributed by atoms with van der Waals surface area (Å²) in [5.74, 6) is -0.222. The normalized spacial score (nSPS) is 13.9. The van der Waals surface area contributed by atoms with Crippen LogP contribution in [0.1, 0.15) is 43.7 Å². The van der Waals surface area contributed by atoms with Crippen molar-refractivity contribution in [1.82, 2.24) is 0 Å². The first kappa shape index (κ1) is 15.7. The Morgan fingerprint density at radius 3 is 2.53 bits per heavy atom. The zero-order chi connectivity index (χ0) is 14.3. The van der Waals surface area contributed by atoms with Crippen LogP contribution >= 0.6 is 0 Å². The molecule has 19 heavy (non-hydrogen) atoms. The maximum absolute atomic E-state index is 12.3. The highest BCUT2D eigenvalue weighted by Crippen LogP contribution is 2.33. The lowest BCUT2D eigenvalue weighted by molar-refractivity contribution is -0.147. The molecule has 0 heterocycles. The van der Waals surface area contributed by atoms with E-state index in [1.165, 1.54) is 7.11 Å². The first-order valence-electron chi connectivity index (χ1n) is 6.97. The number of hydrogen-bond acceptors (Lipinski definition) is 3. The van der Waals surface area contributed by atoms with E-state index in [0.717, 1.165) is 36.8 Å². The van der Waals surface area contributed by atoms with Crippen LogP contribution in [0.15, 0.2) is 24.3 Å². The summed E-state index contributed by atoms with van der Waals surface area (Å²) < 4.78 is 5.03. The molecule has 0 aliphatic rings. The van der Waals surface area contributed by atoms with Crippen molar-refractivity contribution in [3.63, 3.8) is 0 Å². The highest BCUT2D eigenvalue weighted by Gasteiger charge is 2.40. The van der Waals surface area contributed by atoms with Gasteiger partial charge < -0.3 is 10.5 Å². The molecule has 0 fully saturated rings. The Kier molecular flexibility index (Phi) is 6.03. The molecule has 1 atom stereocenters. The summed E-state index contributed by atoms with van der Waals surface area (Å²) >= 11 is 0. The van der Waals surface area contributed by atoms with E-state index in [0.29, 0.717) is 0 Å². The van der Waals surface area contributed by atoms with Gasteiger partial charge in [0.2, 0.25) is 0 Å². The number of esters is 1. The smallest absolute Gasteiger partial charge is 0.317 e. The molecule has 0 aliphatic heterocycles. The fourth-order valence-corrected chi connectivity index (χ4v) is 2.62. The van der Waals surface area contributed by atoms with Gasteiger partial charge in [-0.3, -0.25) is 4.79 Å². The molecule has 1 rings (SSSR count). The van der Waals surface area contributed by atoms with Gasteiger partial charge in [-0.05, 0) is 24.5 Å². The van der Waals surface area contributed by atoms with E-state index in [1.807, 2.05) is 31.2 Å². The third-order valence-electron chi connectivity index (χ3n) is 3.79. The number of ether oxygens (including phenoxy) is 1. The summed E-state index contributed by atoms with van der Waals surface area (Å²) in [4.78, 5) is 12.3. The van der Waals surface area contributed by atoms with Gasteiger partial charge in [-0.2, -0.15) is 0 Å². The Hall–Kier alpha value is -1.35. The van der Waals surface area contributed by atoms with E-state index in [-0.39, 0.29) is 12.5 Å².